The van der Waals surface area contributed by atoms with E-state index in [0.29, 0.717) is 30.2 Å². The first-order valence-corrected chi connectivity index (χ1v) is 12.5. The number of carbonyl (C=O) groups excluding carboxylic acids is 2. The number of aromatic nitrogens is 3. The molecule has 1 fully saturated rings. The number of likely N-dealkylation sites (tertiary alicyclic amines) is 1. The van der Waals surface area contributed by atoms with Crippen LogP contribution in [-0.4, -0.2) is 44.6 Å². The number of nitrogen functional groups attached to an aromatic ring is 1. The van der Waals surface area contributed by atoms with Crippen LogP contribution in [0.2, 0.25) is 0 Å². The number of nitrogens with zero attached hydrogens (tertiary/aromatic N) is 4. The topological polar surface area (TPSA) is 106 Å². The van der Waals surface area contributed by atoms with Crippen molar-refractivity contribution < 1.29 is 9.59 Å². The molecule has 1 aliphatic rings. The molecule has 0 spiro atoms. The van der Waals surface area contributed by atoms with Gasteiger partial charge in [-0.1, -0.05) is 36.9 Å². The van der Waals surface area contributed by atoms with Crippen LogP contribution < -0.4 is 11.1 Å². The summed E-state index contributed by atoms with van der Waals surface area (Å²) < 4.78 is 2.72. The van der Waals surface area contributed by atoms with Crippen LogP contribution in [0.25, 0.3) is 22.2 Å². The van der Waals surface area contributed by atoms with Crippen LogP contribution in [0.1, 0.15) is 29.2 Å². The van der Waals surface area contributed by atoms with Gasteiger partial charge < -0.3 is 16.0 Å². The van der Waals surface area contributed by atoms with E-state index in [0.717, 1.165) is 39.5 Å². The van der Waals surface area contributed by atoms with E-state index >= 15 is 0 Å². The van der Waals surface area contributed by atoms with E-state index in [-0.39, 0.29) is 17.9 Å². The number of carbonyl (C=O) groups is 2. The third-order valence-corrected chi connectivity index (χ3v) is 6.97. The molecule has 2 amide bonds. The van der Waals surface area contributed by atoms with Crippen LogP contribution in [-0.2, 0) is 4.79 Å². The van der Waals surface area contributed by atoms with Gasteiger partial charge in [0.1, 0.15) is 11.5 Å². The number of pyridine rings is 1. The molecule has 4 aromatic rings. The monoisotopic (exact) mass is 544 g/mol. The maximum Gasteiger partial charge on any atom is 0.255 e. The van der Waals surface area contributed by atoms with Gasteiger partial charge in [0.05, 0.1) is 21.4 Å². The number of fused-ring (bicyclic) bond motifs is 1. The maximum atomic E-state index is 12.7. The molecule has 36 heavy (non-hydrogen) atoms. The molecule has 8 nitrogen and oxygen atoms in total. The van der Waals surface area contributed by atoms with Gasteiger partial charge in [0.25, 0.3) is 5.91 Å². The lowest BCUT2D eigenvalue weighted by atomic mass is 10.0. The molecule has 0 saturated carbocycles. The summed E-state index contributed by atoms with van der Waals surface area (Å²) >= 11 is 3.63. The second-order valence-electron chi connectivity index (χ2n) is 8.69. The van der Waals surface area contributed by atoms with Crippen molar-refractivity contribution in [3.05, 3.63) is 83.5 Å². The van der Waals surface area contributed by atoms with Crippen molar-refractivity contribution in [2.75, 3.05) is 24.1 Å². The number of halogens is 1. The largest absolute Gasteiger partial charge is 0.383 e. The zero-order valence-corrected chi connectivity index (χ0v) is 21.1. The number of hydrogen-bond acceptors (Lipinski definition) is 5. The van der Waals surface area contributed by atoms with Crippen LogP contribution in [0.4, 0.5) is 11.5 Å². The van der Waals surface area contributed by atoms with E-state index in [1.807, 2.05) is 47.1 Å². The lowest BCUT2D eigenvalue weighted by Crippen LogP contribution is -2.40. The van der Waals surface area contributed by atoms with Gasteiger partial charge in [-0.25, -0.2) is 4.98 Å². The minimum atomic E-state index is -0.193. The summed E-state index contributed by atoms with van der Waals surface area (Å²) in [5, 5.41) is 8.60. The number of anilines is 2. The molecular formula is C27H25BrN6O2. The summed E-state index contributed by atoms with van der Waals surface area (Å²) in [7, 11) is 0. The highest BCUT2D eigenvalue weighted by Gasteiger charge is 2.28. The summed E-state index contributed by atoms with van der Waals surface area (Å²) in [6.45, 7) is 4.86. The standard InChI is InChI=1S/C27H25BrN6O2/c1-2-22(35)33-14-6-9-20(16-33)34-25-21(28)15-30-26(29)23(25)24(32-34)17-10-12-18(13-11-17)27(36)31-19-7-4-3-5-8-19/h2-5,7-8,10-13,15,20H,1,6,9,14,16H2,(H2,29,30)(H,31,36). The third kappa shape index (κ3) is 4.49. The number of piperidine rings is 1. The van der Waals surface area contributed by atoms with Crippen molar-refractivity contribution in [3.63, 3.8) is 0 Å². The van der Waals surface area contributed by atoms with E-state index in [2.05, 4.69) is 32.8 Å². The van der Waals surface area contributed by atoms with Gasteiger partial charge in [0.15, 0.2) is 0 Å². The lowest BCUT2D eigenvalue weighted by Gasteiger charge is -2.32. The smallest absolute Gasteiger partial charge is 0.255 e. The van der Waals surface area contributed by atoms with E-state index in [1.165, 1.54) is 6.08 Å². The van der Waals surface area contributed by atoms with Crippen LogP contribution in [0.15, 0.2) is 77.9 Å². The summed E-state index contributed by atoms with van der Waals surface area (Å²) in [6, 6.07) is 16.6. The highest BCUT2D eigenvalue weighted by Crippen LogP contribution is 2.38. The first-order chi connectivity index (χ1) is 17.5. The molecule has 1 saturated heterocycles. The normalized spacial score (nSPS) is 15.6. The highest BCUT2D eigenvalue weighted by molar-refractivity contribution is 9.10. The molecule has 3 heterocycles. The fourth-order valence-corrected chi connectivity index (χ4v) is 5.09. The van der Waals surface area contributed by atoms with Crippen molar-refractivity contribution in [1.29, 1.82) is 0 Å². The maximum absolute atomic E-state index is 12.7. The Labute approximate surface area is 216 Å². The highest BCUT2D eigenvalue weighted by atomic mass is 79.9. The number of nitrogens with one attached hydrogen (secondary N) is 1. The van der Waals surface area contributed by atoms with Crippen LogP contribution in [0.5, 0.6) is 0 Å². The number of amides is 2. The molecule has 0 radical (unpaired) electrons. The van der Waals surface area contributed by atoms with E-state index in [1.54, 1.807) is 23.2 Å². The minimum Gasteiger partial charge on any atom is -0.383 e. The third-order valence-electron chi connectivity index (χ3n) is 6.39. The molecule has 2 aromatic heterocycles. The van der Waals surface area contributed by atoms with E-state index in [4.69, 9.17) is 10.8 Å². The summed E-state index contributed by atoms with van der Waals surface area (Å²) in [5.41, 5.74) is 9.93. The Morgan fingerprint density at radius 3 is 2.61 bits per heavy atom. The van der Waals surface area contributed by atoms with Crippen LogP contribution in [0.3, 0.4) is 0 Å². The fourth-order valence-electron chi connectivity index (χ4n) is 4.61. The lowest BCUT2D eigenvalue weighted by molar-refractivity contribution is -0.127. The molecule has 0 aliphatic carbocycles. The molecule has 0 bridgehead atoms. The second kappa shape index (κ2) is 9.94. The molecule has 5 rings (SSSR count). The molecule has 3 N–H and O–H groups in total. The predicted octanol–water partition coefficient (Wildman–Crippen LogP) is 5.04. The van der Waals surface area contributed by atoms with E-state index in [9.17, 15) is 9.59 Å². The van der Waals surface area contributed by atoms with Crippen molar-refractivity contribution >= 4 is 50.2 Å². The predicted molar refractivity (Wildman–Crippen MR) is 145 cm³/mol. The fraction of sp³-hybridized carbons (Fsp3) is 0.185. The average molecular weight is 545 g/mol. The molecule has 1 atom stereocenters. The zero-order valence-electron chi connectivity index (χ0n) is 19.5. The quantitative estimate of drug-likeness (QED) is 0.342. The summed E-state index contributed by atoms with van der Waals surface area (Å²) in [5.74, 6) is 0.0948. The molecule has 182 valence electrons. The number of hydrogen-bond donors (Lipinski definition) is 2. The molecular weight excluding hydrogens is 520 g/mol. The Morgan fingerprint density at radius 1 is 1.14 bits per heavy atom. The Hall–Kier alpha value is -3.98. The van der Waals surface area contributed by atoms with Crippen molar-refractivity contribution in [1.82, 2.24) is 19.7 Å². The summed E-state index contributed by atoms with van der Waals surface area (Å²) in [4.78, 5) is 31.1. The van der Waals surface area contributed by atoms with Gasteiger partial charge >= 0.3 is 0 Å². The second-order valence-corrected chi connectivity index (χ2v) is 9.54. The first kappa shape index (κ1) is 23.7. The molecule has 2 aromatic carbocycles. The number of rotatable bonds is 5. The molecule has 9 heteroatoms. The Morgan fingerprint density at radius 2 is 1.89 bits per heavy atom. The van der Waals surface area contributed by atoms with Gasteiger partial charge in [-0.2, -0.15) is 5.10 Å². The van der Waals surface area contributed by atoms with Gasteiger partial charge in [0.2, 0.25) is 5.91 Å². The zero-order chi connectivity index (χ0) is 25.2. The summed E-state index contributed by atoms with van der Waals surface area (Å²) in [6.07, 6.45) is 4.77. The molecule has 1 aliphatic heterocycles. The van der Waals surface area contributed by atoms with Crippen molar-refractivity contribution in [2.45, 2.75) is 18.9 Å². The van der Waals surface area contributed by atoms with Gasteiger partial charge in [-0.05, 0) is 59.1 Å². The first-order valence-electron chi connectivity index (χ1n) is 11.7. The van der Waals surface area contributed by atoms with Gasteiger partial charge in [-0.15, -0.1) is 0 Å². The van der Waals surface area contributed by atoms with Crippen molar-refractivity contribution in [3.8, 4) is 11.3 Å². The van der Waals surface area contributed by atoms with E-state index < -0.39 is 0 Å². The van der Waals surface area contributed by atoms with Crippen molar-refractivity contribution in [2.24, 2.45) is 0 Å². The number of para-hydroxylation sites is 1. The Balaban J connectivity index is 1.51. The minimum absolute atomic E-state index is 0.0204. The SMILES string of the molecule is C=CC(=O)N1CCCC(n2nc(-c3ccc(C(=O)Nc4ccccc4)cc3)c3c(N)ncc(Br)c32)C1. The van der Waals surface area contributed by atoms with Gasteiger partial charge in [-0.3, -0.25) is 14.3 Å². The Bertz CT molecular complexity index is 1450. The number of benzene rings is 2. The number of nitrogens with two attached hydrogens (primary N) is 1. The van der Waals surface area contributed by atoms with Gasteiger partial charge in [0, 0.05) is 36.1 Å². The molecule has 1 unspecified atom stereocenters. The van der Waals surface area contributed by atoms with Crippen LogP contribution >= 0.6 is 15.9 Å². The average Bonchev–Trinajstić information content (AvgIpc) is 3.33. The van der Waals surface area contributed by atoms with Crippen LogP contribution in [0, 0.1) is 0 Å². The Kier molecular flexibility index (Phi) is 6.56.